The van der Waals surface area contributed by atoms with Gasteiger partial charge in [-0.1, -0.05) is 176 Å². The topological polar surface area (TPSA) is 0 Å². The summed E-state index contributed by atoms with van der Waals surface area (Å²) in [6, 6.07) is 55.8. The number of allylic oxidation sites excluding steroid dienone is 4. The van der Waals surface area contributed by atoms with Crippen molar-refractivity contribution in [1.82, 2.24) is 0 Å². The molecule has 0 heterocycles. The van der Waals surface area contributed by atoms with Gasteiger partial charge >= 0.3 is 41.2 Å². The second kappa shape index (κ2) is 28.8. The average Bonchev–Trinajstić information content (AvgIpc) is 3.14. The van der Waals surface area contributed by atoms with E-state index in [1.54, 1.807) is 0 Å². The van der Waals surface area contributed by atoms with Crippen molar-refractivity contribution in [3.05, 3.63) is 182 Å². The molecule has 59 heavy (non-hydrogen) atoms. The van der Waals surface area contributed by atoms with Gasteiger partial charge in [-0.2, -0.15) is 0 Å². The Kier molecular flexibility index (Phi) is 26.1. The monoisotopic (exact) mass is 960 g/mol. The fourth-order valence-corrected chi connectivity index (χ4v) is 11.5. The average molecular weight is 960 g/mol. The third-order valence-corrected chi connectivity index (χ3v) is 13.4. The van der Waals surface area contributed by atoms with Gasteiger partial charge in [-0.15, -0.1) is 0 Å². The van der Waals surface area contributed by atoms with Crippen molar-refractivity contribution < 1.29 is 71.3 Å². The van der Waals surface area contributed by atoms with Gasteiger partial charge in [0.2, 0.25) is 0 Å². The molecular weight excluding hydrogens is 918 g/mol. The quantitative estimate of drug-likeness (QED) is 0.0785. The first kappa shape index (κ1) is 53.4. The summed E-state index contributed by atoms with van der Waals surface area (Å²) in [4.78, 5) is 0. The maximum absolute atomic E-state index is 9.75. The summed E-state index contributed by atoms with van der Waals surface area (Å²) in [5, 5.41) is 5.85. The summed E-state index contributed by atoms with van der Waals surface area (Å²) in [5.74, 6) is 0. The molecular formula is C41H42B3F12P2Rh. The van der Waals surface area contributed by atoms with E-state index in [9.17, 15) is 51.8 Å². The molecule has 0 fully saturated rings. The van der Waals surface area contributed by atoms with E-state index in [-0.39, 0.29) is 19.5 Å². The van der Waals surface area contributed by atoms with E-state index in [0.29, 0.717) is 5.66 Å². The minimum Gasteiger partial charge on any atom is -0.418 e. The third kappa shape index (κ3) is 28.5. The Bertz CT molecular complexity index is 1700. The Morgan fingerprint density at radius 1 is 0.407 bits per heavy atom. The van der Waals surface area contributed by atoms with Crippen LogP contribution in [0.2, 0.25) is 0 Å². The van der Waals surface area contributed by atoms with Gasteiger partial charge in [0.1, 0.15) is 0 Å². The van der Waals surface area contributed by atoms with Crippen LogP contribution < -0.4 is 21.2 Å². The summed E-state index contributed by atoms with van der Waals surface area (Å²) < 4.78 is 117. The molecule has 5 aromatic rings. The minimum atomic E-state index is -6.00. The Morgan fingerprint density at radius 3 is 0.983 bits per heavy atom. The van der Waals surface area contributed by atoms with Crippen molar-refractivity contribution >= 4 is 58.8 Å². The molecule has 1 aliphatic rings. The Labute approximate surface area is 354 Å². The fourth-order valence-electron chi connectivity index (χ4n) is 5.53. The first-order valence-electron chi connectivity index (χ1n) is 18.1. The number of hydrogen-bond acceptors (Lipinski definition) is 0. The summed E-state index contributed by atoms with van der Waals surface area (Å²) in [6.45, 7) is 0. The predicted octanol–water partition coefficient (Wildman–Crippen LogP) is 13.4. The van der Waals surface area contributed by atoms with Crippen LogP contribution in [0, 0.1) is 0 Å². The van der Waals surface area contributed by atoms with E-state index in [1.165, 1.54) is 52.5 Å². The molecule has 0 unspecified atom stereocenters. The summed E-state index contributed by atoms with van der Waals surface area (Å²) >= 11 is 0. The Morgan fingerprint density at radius 2 is 0.678 bits per heavy atom. The van der Waals surface area contributed by atoms with Crippen LogP contribution in [0.15, 0.2) is 176 Å². The molecule has 0 saturated heterocycles. The van der Waals surface area contributed by atoms with Gasteiger partial charge in [0.15, 0.2) is 0 Å². The van der Waals surface area contributed by atoms with E-state index in [2.05, 4.69) is 176 Å². The van der Waals surface area contributed by atoms with E-state index in [0.717, 1.165) is 12.6 Å². The van der Waals surface area contributed by atoms with Crippen LogP contribution in [0.4, 0.5) is 51.8 Å². The van der Waals surface area contributed by atoms with Crippen LogP contribution in [0.1, 0.15) is 31.2 Å². The van der Waals surface area contributed by atoms with Gasteiger partial charge < -0.3 is 51.8 Å². The predicted molar refractivity (Wildman–Crippen MR) is 224 cm³/mol. The van der Waals surface area contributed by atoms with Gasteiger partial charge in [0, 0.05) is 0 Å². The van der Waals surface area contributed by atoms with E-state index < -0.39 is 37.6 Å². The maximum Gasteiger partial charge on any atom is 3.00 e. The second-order valence-electron chi connectivity index (χ2n) is 12.3. The van der Waals surface area contributed by atoms with Crippen LogP contribution >= 0.6 is 15.8 Å². The van der Waals surface area contributed by atoms with Crippen LogP contribution in [-0.2, 0) is 25.9 Å². The van der Waals surface area contributed by atoms with Crippen LogP contribution in [0.25, 0.3) is 0 Å². The number of hydrogen-bond donors (Lipinski definition) is 0. The maximum atomic E-state index is 9.75. The molecule has 0 aliphatic heterocycles. The van der Waals surface area contributed by atoms with Crippen molar-refractivity contribution in [1.29, 1.82) is 0 Å². The van der Waals surface area contributed by atoms with Crippen molar-refractivity contribution in [2.45, 2.75) is 37.8 Å². The van der Waals surface area contributed by atoms with E-state index in [1.807, 2.05) is 0 Å². The molecule has 0 N–H and O–H groups in total. The normalized spacial score (nSPS) is 14.0. The Balaban J connectivity index is 0.000000591. The van der Waals surface area contributed by atoms with Crippen LogP contribution in [0.3, 0.4) is 0 Å². The first-order chi connectivity index (χ1) is 27.4. The SMILES string of the molecule is C1=C\CCCC\C=C/1.F[B-](F)(F)F.F[B-](F)(F)F.F[B-](F)(F)F.[Rh+3].c1ccc(C[C@@H](CP(c2ccccc2)c2ccccc2)P(c2ccccc2)c2ccccc2)cc1. The molecule has 0 bridgehead atoms. The van der Waals surface area contributed by atoms with Gasteiger partial charge in [0.25, 0.3) is 0 Å². The standard InChI is InChI=1S/C33H30P2.C8H12.3BF4.Rh/c1-6-16-28(17-7-1)26-33(35(31-22-12-4-13-23-31)32-24-14-5-15-25-32)27-34(29-18-8-2-9-19-29)30-20-10-3-11-21-30;1-2-4-6-8-7-5-3-1;3*2-1(3,4)5;/h1-25,33H,26-27H2;1-4H,5-8H2;;;;/q;;3*-1;+3/b;3-1-,4-2-;;;;/t33-;;;;;/m0...../s1. The molecule has 0 saturated carbocycles. The number of halogens is 12. The summed E-state index contributed by atoms with van der Waals surface area (Å²) in [7, 11) is -19.0. The van der Waals surface area contributed by atoms with Crippen molar-refractivity contribution in [2.75, 3.05) is 6.16 Å². The molecule has 0 radical (unpaired) electrons. The zero-order valence-electron chi connectivity index (χ0n) is 31.6. The smallest absolute Gasteiger partial charge is 0.418 e. The molecule has 1 atom stereocenters. The third-order valence-electron chi connectivity index (χ3n) is 7.65. The largest absolute Gasteiger partial charge is 3.00 e. The fraction of sp³-hybridized carbons (Fsp3) is 0.171. The zero-order valence-corrected chi connectivity index (χ0v) is 35.0. The van der Waals surface area contributed by atoms with E-state index >= 15 is 0 Å². The van der Waals surface area contributed by atoms with Crippen molar-refractivity contribution in [3.8, 4) is 0 Å². The molecule has 6 rings (SSSR count). The molecule has 318 valence electrons. The van der Waals surface area contributed by atoms with Gasteiger partial charge in [-0.05, 0) is 86.5 Å². The molecule has 1 aliphatic carbocycles. The minimum absolute atomic E-state index is 0. The van der Waals surface area contributed by atoms with Crippen LogP contribution in [-0.4, -0.2) is 33.6 Å². The molecule has 5 aromatic carbocycles. The Hall–Kier alpha value is -3.58. The van der Waals surface area contributed by atoms with Gasteiger partial charge in [-0.3, -0.25) is 0 Å². The van der Waals surface area contributed by atoms with Crippen LogP contribution in [0.5, 0.6) is 0 Å². The molecule has 0 amide bonds. The van der Waals surface area contributed by atoms with Gasteiger partial charge in [-0.25, -0.2) is 0 Å². The second-order valence-corrected chi connectivity index (χ2v) is 17.0. The number of rotatable bonds is 9. The zero-order chi connectivity index (χ0) is 42.9. The molecule has 0 aromatic heterocycles. The van der Waals surface area contributed by atoms with Gasteiger partial charge in [0.05, 0.1) is 0 Å². The number of benzene rings is 5. The van der Waals surface area contributed by atoms with Crippen molar-refractivity contribution in [3.63, 3.8) is 0 Å². The first-order valence-corrected chi connectivity index (χ1v) is 21.1. The molecule has 0 nitrogen and oxygen atoms in total. The molecule has 18 heteroatoms. The van der Waals surface area contributed by atoms with Crippen molar-refractivity contribution in [2.24, 2.45) is 0 Å². The molecule has 0 spiro atoms. The van der Waals surface area contributed by atoms with E-state index in [4.69, 9.17) is 0 Å². The summed E-state index contributed by atoms with van der Waals surface area (Å²) in [6.07, 6.45) is 16.2. The summed E-state index contributed by atoms with van der Waals surface area (Å²) in [5.41, 5.74) is 1.94.